The highest BCUT2D eigenvalue weighted by atomic mass is 32.1. The lowest BCUT2D eigenvalue weighted by molar-refractivity contribution is 0.678. The lowest BCUT2D eigenvalue weighted by Crippen LogP contribution is -2.13. The lowest BCUT2D eigenvalue weighted by Gasteiger charge is -2.14. The first kappa shape index (κ1) is 13.3. The van der Waals surface area contributed by atoms with E-state index < -0.39 is 0 Å². The second-order valence-electron chi connectivity index (χ2n) is 6.17. The Balaban J connectivity index is 1.65. The van der Waals surface area contributed by atoms with Crippen molar-refractivity contribution in [3.63, 3.8) is 0 Å². The fourth-order valence-electron chi connectivity index (χ4n) is 3.43. The molecule has 0 radical (unpaired) electrons. The van der Waals surface area contributed by atoms with Gasteiger partial charge in [0.05, 0.1) is 11.7 Å². The van der Waals surface area contributed by atoms with Gasteiger partial charge in [0.25, 0.3) is 0 Å². The molecular weight excluding hydrogens is 278 g/mol. The Morgan fingerprint density at radius 2 is 2.10 bits per heavy atom. The van der Waals surface area contributed by atoms with Gasteiger partial charge in [-0.1, -0.05) is 12.1 Å². The van der Waals surface area contributed by atoms with Crippen molar-refractivity contribution in [2.24, 2.45) is 5.73 Å². The van der Waals surface area contributed by atoms with Crippen molar-refractivity contribution in [1.29, 1.82) is 0 Å². The molecule has 2 N–H and O–H groups in total. The second kappa shape index (κ2) is 5.11. The van der Waals surface area contributed by atoms with Crippen molar-refractivity contribution < 1.29 is 0 Å². The molecule has 0 fully saturated rings. The van der Waals surface area contributed by atoms with Gasteiger partial charge in [0.1, 0.15) is 5.01 Å². The van der Waals surface area contributed by atoms with E-state index in [0.717, 1.165) is 24.4 Å². The van der Waals surface area contributed by atoms with Crippen LogP contribution in [0.4, 0.5) is 5.69 Å². The van der Waals surface area contributed by atoms with E-state index in [1.54, 1.807) is 0 Å². The third-order valence-electron chi connectivity index (χ3n) is 4.72. The van der Waals surface area contributed by atoms with Gasteiger partial charge in [-0.3, -0.25) is 0 Å². The van der Waals surface area contributed by atoms with Crippen molar-refractivity contribution in [3.8, 4) is 0 Å². The number of aromatic nitrogens is 1. The van der Waals surface area contributed by atoms with E-state index in [2.05, 4.69) is 30.1 Å². The summed E-state index contributed by atoms with van der Waals surface area (Å²) in [5.41, 5.74) is 11.8. The van der Waals surface area contributed by atoms with Crippen LogP contribution in [-0.2, 0) is 19.3 Å². The van der Waals surface area contributed by atoms with E-state index in [4.69, 9.17) is 10.7 Å². The average molecular weight is 299 g/mol. The number of likely N-dealkylation sites (N-methyl/N-ethyl adjacent to an activating group) is 1. The molecule has 1 aliphatic heterocycles. The highest BCUT2D eigenvalue weighted by Gasteiger charge is 2.22. The molecule has 0 amide bonds. The van der Waals surface area contributed by atoms with Gasteiger partial charge in [0, 0.05) is 24.2 Å². The number of nitrogens with two attached hydrogens (primary N) is 1. The van der Waals surface area contributed by atoms with Gasteiger partial charge < -0.3 is 10.6 Å². The van der Waals surface area contributed by atoms with E-state index in [9.17, 15) is 0 Å². The maximum Gasteiger partial charge on any atom is 0.114 e. The number of anilines is 1. The summed E-state index contributed by atoms with van der Waals surface area (Å²) < 4.78 is 0. The van der Waals surface area contributed by atoms with Gasteiger partial charge in [-0.15, -0.1) is 11.3 Å². The Morgan fingerprint density at radius 1 is 1.24 bits per heavy atom. The Hall–Kier alpha value is -1.39. The number of rotatable bonds is 2. The summed E-state index contributed by atoms with van der Waals surface area (Å²) in [5, 5.41) is 1.09. The van der Waals surface area contributed by atoms with Gasteiger partial charge in [-0.2, -0.15) is 0 Å². The predicted octanol–water partition coefficient (Wildman–Crippen LogP) is 3.06. The fraction of sp³-hybridized carbons (Fsp3) is 0.471. The molecule has 4 heteroatoms. The van der Waals surface area contributed by atoms with Crippen molar-refractivity contribution in [3.05, 3.63) is 44.9 Å². The number of aryl methyl sites for hydroxylation is 2. The molecule has 0 spiro atoms. The van der Waals surface area contributed by atoms with Crippen LogP contribution in [0.1, 0.15) is 45.6 Å². The molecule has 2 aliphatic rings. The molecule has 21 heavy (non-hydrogen) atoms. The summed E-state index contributed by atoms with van der Waals surface area (Å²) >= 11 is 1.83. The molecule has 0 saturated carbocycles. The maximum atomic E-state index is 6.49. The smallest absolute Gasteiger partial charge is 0.114 e. The highest BCUT2D eigenvalue weighted by molar-refractivity contribution is 7.11. The zero-order valence-corrected chi connectivity index (χ0v) is 13.2. The molecule has 1 aromatic heterocycles. The van der Waals surface area contributed by atoms with Crippen LogP contribution < -0.4 is 10.6 Å². The minimum Gasteiger partial charge on any atom is -0.374 e. The van der Waals surface area contributed by atoms with Crippen LogP contribution in [0.2, 0.25) is 0 Å². The second-order valence-corrected chi connectivity index (χ2v) is 7.28. The van der Waals surface area contributed by atoms with Crippen LogP contribution in [-0.4, -0.2) is 18.6 Å². The topological polar surface area (TPSA) is 42.1 Å². The molecule has 0 saturated heterocycles. The number of fused-ring (bicyclic) bond motifs is 2. The molecule has 1 aromatic carbocycles. The van der Waals surface area contributed by atoms with E-state index in [-0.39, 0.29) is 6.04 Å². The minimum absolute atomic E-state index is 0.0724. The summed E-state index contributed by atoms with van der Waals surface area (Å²) in [5.74, 6) is 0. The number of hydrogen-bond donors (Lipinski definition) is 1. The molecule has 2 aromatic rings. The molecule has 2 heterocycles. The van der Waals surface area contributed by atoms with Crippen LogP contribution in [0.15, 0.2) is 18.2 Å². The third-order valence-corrected chi connectivity index (χ3v) is 5.96. The van der Waals surface area contributed by atoms with Crippen LogP contribution in [0.3, 0.4) is 0 Å². The Kier molecular flexibility index (Phi) is 3.23. The van der Waals surface area contributed by atoms with E-state index in [1.165, 1.54) is 46.6 Å². The van der Waals surface area contributed by atoms with Crippen LogP contribution >= 0.6 is 11.3 Å². The van der Waals surface area contributed by atoms with Crippen molar-refractivity contribution >= 4 is 17.0 Å². The van der Waals surface area contributed by atoms with Crippen molar-refractivity contribution in [1.82, 2.24) is 4.98 Å². The number of benzene rings is 1. The Bertz CT molecular complexity index is 653. The summed E-state index contributed by atoms with van der Waals surface area (Å²) in [4.78, 5) is 8.60. The van der Waals surface area contributed by atoms with Gasteiger partial charge in [0.2, 0.25) is 0 Å². The summed E-state index contributed by atoms with van der Waals surface area (Å²) in [6, 6.07) is 6.59. The van der Waals surface area contributed by atoms with Gasteiger partial charge in [-0.05, 0) is 49.3 Å². The zero-order valence-electron chi connectivity index (χ0n) is 12.4. The van der Waals surface area contributed by atoms with E-state index in [1.807, 2.05) is 11.3 Å². The summed E-state index contributed by atoms with van der Waals surface area (Å²) in [6.45, 7) is 1.11. The van der Waals surface area contributed by atoms with Crippen LogP contribution in [0.5, 0.6) is 0 Å². The Morgan fingerprint density at radius 3 is 2.95 bits per heavy atom. The van der Waals surface area contributed by atoms with Gasteiger partial charge in [-0.25, -0.2) is 4.98 Å². The molecule has 0 bridgehead atoms. The van der Waals surface area contributed by atoms with E-state index in [0.29, 0.717) is 0 Å². The zero-order chi connectivity index (χ0) is 14.4. The largest absolute Gasteiger partial charge is 0.374 e. The first-order valence-corrected chi connectivity index (χ1v) is 8.62. The molecule has 4 rings (SSSR count). The third kappa shape index (κ3) is 2.27. The molecule has 1 unspecified atom stereocenters. The molecule has 3 nitrogen and oxygen atoms in total. The normalized spacial score (nSPS) is 18.5. The summed E-state index contributed by atoms with van der Waals surface area (Å²) in [7, 11) is 2.15. The van der Waals surface area contributed by atoms with Crippen molar-refractivity contribution in [2.75, 3.05) is 18.5 Å². The monoisotopic (exact) mass is 299 g/mol. The lowest BCUT2D eigenvalue weighted by atomic mass is 10.0. The van der Waals surface area contributed by atoms with Gasteiger partial charge >= 0.3 is 0 Å². The Labute approximate surface area is 129 Å². The number of hydrogen-bond acceptors (Lipinski definition) is 4. The average Bonchev–Trinajstić information content (AvgIpc) is 3.10. The van der Waals surface area contributed by atoms with Crippen LogP contribution in [0.25, 0.3) is 0 Å². The first-order valence-electron chi connectivity index (χ1n) is 7.80. The molecule has 110 valence electrons. The highest BCUT2D eigenvalue weighted by Crippen LogP contribution is 2.34. The number of thiazole rings is 1. The molecule has 1 aliphatic carbocycles. The van der Waals surface area contributed by atoms with Crippen molar-refractivity contribution in [2.45, 2.75) is 38.1 Å². The standard InChI is InChI=1S/C17H21N3S/c1-20-9-8-11-10-12(6-7-14(11)20)16(18)17-19-13-4-2-3-5-15(13)21-17/h6-7,10,16H,2-5,8-9,18H2,1H3. The van der Waals surface area contributed by atoms with E-state index >= 15 is 0 Å². The predicted molar refractivity (Wildman–Crippen MR) is 88.2 cm³/mol. The quantitative estimate of drug-likeness (QED) is 0.926. The van der Waals surface area contributed by atoms with Crippen LogP contribution in [0, 0.1) is 0 Å². The fourth-order valence-corrected chi connectivity index (χ4v) is 4.61. The maximum absolute atomic E-state index is 6.49. The SMILES string of the molecule is CN1CCc2cc(C(N)c3nc4c(s3)CCCC4)ccc21. The number of nitrogens with zero attached hydrogens (tertiary/aromatic N) is 2. The summed E-state index contributed by atoms with van der Waals surface area (Å²) in [6.07, 6.45) is 6.02. The molecule has 1 atom stereocenters. The first-order chi connectivity index (χ1) is 10.2. The van der Waals surface area contributed by atoms with Gasteiger partial charge in [0.15, 0.2) is 0 Å². The molecular formula is C17H21N3S. The minimum atomic E-state index is -0.0724.